The first kappa shape index (κ1) is 14.8. The lowest BCUT2D eigenvalue weighted by atomic mass is 10.0. The largest absolute Gasteiger partial charge is 0.496 e. The zero-order chi connectivity index (χ0) is 14.8. The van der Waals surface area contributed by atoms with Crippen molar-refractivity contribution >= 4 is 11.3 Å². The Morgan fingerprint density at radius 1 is 1.30 bits per heavy atom. The van der Waals surface area contributed by atoms with Crippen molar-refractivity contribution in [1.29, 1.82) is 0 Å². The summed E-state index contributed by atoms with van der Waals surface area (Å²) in [6.07, 6.45) is -4.37. The molecule has 108 valence electrons. The Labute approximate surface area is 118 Å². The van der Waals surface area contributed by atoms with E-state index in [2.05, 4.69) is 5.43 Å². The van der Waals surface area contributed by atoms with Gasteiger partial charge in [0.2, 0.25) is 0 Å². The van der Waals surface area contributed by atoms with E-state index in [9.17, 15) is 13.2 Å². The van der Waals surface area contributed by atoms with Gasteiger partial charge >= 0.3 is 6.18 Å². The number of ether oxygens (including phenoxy) is 1. The van der Waals surface area contributed by atoms with Crippen LogP contribution < -0.4 is 16.0 Å². The highest BCUT2D eigenvalue weighted by molar-refractivity contribution is 7.10. The molecular formula is C13H13F3N2OS. The molecule has 1 unspecified atom stereocenters. The quantitative estimate of drug-likeness (QED) is 0.673. The van der Waals surface area contributed by atoms with E-state index in [0.717, 1.165) is 17.0 Å². The number of rotatable bonds is 4. The highest BCUT2D eigenvalue weighted by Crippen LogP contribution is 2.34. The number of hydrazine groups is 1. The van der Waals surface area contributed by atoms with Gasteiger partial charge < -0.3 is 4.74 Å². The van der Waals surface area contributed by atoms with Crippen molar-refractivity contribution in [2.75, 3.05) is 7.11 Å². The molecule has 0 aliphatic heterocycles. The monoisotopic (exact) mass is 302 g/mol. The fraction of sp³-hybridized carbons (Fsp3) is 0.231. The van der Waals surface area contributed by atoms with Crippen LogP contribution in [0.3, 0.4) is 0 Å². The van der Waals surface area contributed by atoms with Crippen LogP contribution in [-0.2, 0) is 6.18 Å². The van der Waals surface area contributed by atoms with E-state index in [0.29, 0.717) is 11.3 Å². The Morgan fingerprint density at radius 3 is 2.60 bits per heavy atom. The summed E-state index contributed by atoms with van der Waals surface area (Å²) in [5.74, 6) is 6.13. The van der Waals surface area contributed by atoms with Crippen LogP contribution in [0.5, 0.6) is 5.75 Å². The highest BCUT2D eigenvalue weighted by Gasteiger charge is 2.31. The van der Waals surface area contributed by atoms with Crippen molar-refractivity contribution < 1.29 is 17.9 Å². The molecule has 2 rings (SSSR count). The molecule has 20 heavy (non-hydrogen) atoms. The van der Waals surface area contributed by atoms with E-state index in [1.54, 1.807) is 17.5 Å². The minimum absolute atomic E-state index is 0.451. The number of hydrogen-bond acceptors (Lipinski definition) is 4. The molecule has 7 heteroatoms. The molecule has 2 aromatic rings. The molecule has 3 nitrogen and oxygen atoms in total. The summed E-state index contributed by atoms with van der Waals surface area (Å²) in [5.41, 5.74) is 2.29. The van der Waals surface area contributed by atoms with Crippen LogP contribution in [0.4, 0.5) is 13.2 Å². The second kappa shape index (κ2) is 5.82. The second-order valence-corrected chi connectivity index (χ2v) is 5.05. The topological polar surface area (TPSA) is 47.3 Å². The molecule has 0 aliphatic carbocycles. The maximum Gasteiger partial charge on any atom is 0.416 e. The number of benzene rings is 1. The third kappa shape index (κ3) is 3.12. The fourth-order valence-electron chi connectivity index (χ4n) is 1.83. The van der Waals surface area contributed by atoms with Crippen molar-refractivity contribution in [3.63, 3.8) is 0 Å². The Hall–Kier alpha value is -1.57. The molecule has 1 heterocycles. The maximum atomic E-state index is 12.7. The second-order valence-electron chi connectivity index (χ2n) is 4.11. The van der Waals surface area contributed by atoms with E-state index in [1.165, 1.54) is 24.5 Å². The molecule has 1 aromatic carbocycles. The van der Waals surface area contributed by atoms with Crippen molar-refractivity contribution in [3.05, 3.63) is 51.7 Å². The van der Waals surface area contributed by atoms with Crippen LogP contribution >= 0.6 is 11.3 Å². The zero-order valence-corrected chi connectivity index (χ0v) is 11.4. The predicted molar refractivity (Wildman–Crippen MR) is 71.5 cm³/mol. The van der Waals surface area contributed by atoms with Gasteiger partial charge in [-0.1, -0.05) is 12.1 Å². The van der Waals surface area contributed by atoms with E-state index in [4.69, 9.17) is 10.6 Å². The molecule has 0 fully saturated rings. The summed E-state index contributed by atoms with van der Waals surface area (Å²) in [6, 6.07) is 6.34. The Morgan fingerprint density at radius 2 is 2.05 bits per heavy atom. The molecule has 0 spiro atoms. The lowest BCUT2D eigenvalue weighted by Crippen LogP contribution is -2.28. The van der Waals surface area contributed by atoms with Gasteiger partial charge in [0, 0.05) is 10.3 Å². The molecule has 1 aromatic heterocycles. The van der Waals surface area contributed by atoms with Crippen molar-refractivity contribution in [1.82, 2.24) is 5.43 Å². The maximum absolute atomic E-state index is 12.7. The average molecular weight is 302 g/mol. The summed E-state index contributed by atoms with van der Waals surface area (Å²) < 4.78 is 43.2. The summed E-state index contributed by atoms with van der Waals surface area (Å²) in [5, 5.41) is 1.77. The van der Waals surface area contributed by atoms with Gasteiger partial charge in [0.05, 0.1) is 18.7 Å². The van der Waals surface area contributed by atoms with Crippen LogP contribution in [0, 0.1) is 0 Å². The molecule has 0 amide bonds. The first-order valence-corrected chi connectivity index (χ1v) is 6.59. The van der Waals surface area contributed by atoms with Gasteiger partial charge in [-0.15, -0.1) is 11.3 Å². The van der Waals surface area contributed by atoms with Gasteiger partial charge in [-0.25, -0.2) is 5.43 Å². The molecule has 0 radical (unpaired) electrons. The number of methoxy groups -OCH3 is 1. The molecule has 0 bridgehead atoms. The first-order valence-electron chi connectivity index (χ1n) is 5.71. The lowest BCUT2D eigenvalue weighted by Gasteiger charge is -2.16. The first-order chi connectivity index (χ1) is 9.45. The van der Waals surface area contributed by atoms with E-state index in [1.807, 2.05) is 0 Å². The number of hydrogen-bond donors (Lipinski definition) is 2. The molecular weight excluding hydrogens is 289 g/mol. The SMILES string of the molecule is COc1csc(C(NN)c2cccc(C(F)(F)F)c2)c1. The number of nitrogens with two attached hydrogens (primary N) is 1. The lowest BCUT2D eigenvalue weighted by molar-refractivity contribution is -0.137. The standard InChI is InChI=1S/C13H13F3N2OS/c1-19-10-6-11(20-7-10)12(18-17)8-3-2-4-9(5-8)13(14,15)16/h2-7,12,18H,17H2,1H3. The van der Waals surface area contributed by atoms with E-state index < -0.39 is 17.8 Å². The minimum Gasteiger partial charge on any atom is -0.496 e. The van der Waals surface area contributed by atoms with Crippen molar-refractivity contribution in [3.8, 4) is 5.75 Å². The predicted octanol–water partition coefficient (Wildman–Crippen LogP) is 3.33. The number of nitrogens with one attached hydrogen (secondary N) is 1. The van der Waals surface area contributed by atoms with Gasteiger partial charge in [0.25, 0.3) is 0 Å². The highest BCUT2D eigenvalue weighted by atomic mass is 32.1. The van der Waals surface area contributed by atoms with Crippen LogP contribution in [0.15, 0.2) is 35.7 Å². The summed E-state index contributed by atoms with van der Waals surface area (Å²) in [6.45, 7) is 0. The normalized spacial score (nSPS) is 13.2. The van der Waals surface area contributed by atoms with Crippen LogP contribution in [0.1, 0.15) is 22.0 Å². The summed E-state index contributed by atoms with van der Waals surface area (Å²) in [7, 11) is 1.53. The van der Waals surface area contributed by atoms with Gasteiger partial charge in [-0.3, -0.25) is 5.84 Å². The van der Waals surface area contributed by atoms with Gasteiger partial charge in [0.1, 0.15) is 5.75 Å². The molecule has 1 atom stereocenters. The van der Waals surface area contributed by atoms with Gasteiger partial charge in [-0.2, -0.15) is 13.2 Å². The molecule has 0 saturated carbocycles. The molecule has 0 aliphatic rings. The van der Waals surface area contributed by atoms with Crippen LogP contribution in [0.2, 0.25) is 0 Å². The van der Waals surface area contributed by atoms with Crippen LogP contribution in [-0.4, -0.2) is 7.11 Å². The zero-order valence-electron chi connectivity index (χ0n) is 10.6. The number of alkyl halides is 3. The minimum atomic E-state index is -4.37. The van der Waals surface area contributed by atoms with Crippen LogP contribution in [0.25, 0.3) is 0 Å². The van der Waals surface area contributed by atoms with E-state index in [-0.39, 0.29) is 0 Å². The molecule has 0 saturated heterocycles. The Balaban J connectivity index is 2.37. The van der Waals surface area contributed by atoms with E-state index >= 15 is 0 Å². The average Bonchev–Trinajstić information content (AvgIpc) is 2.88. The number of halogens is 3. The van der Waals surface area contributed by atoms with Gasteiger partial charge in [0.15, 0.2) is 0 Å². The molecule has 3 N–H and O–H groups in total. The third-order valence-corrected chi connectivity index (χ3v) is 3.81. The number of thiophene rings is 1. The smallest absolute Gasteiger partial charge is 0.416 e. The van der Waals surface area contributed by atoms with Crippen molar-refractivity contribution in [2.24, 2.45) is 5.84 Å². The Kier molecular flexibility index (Phi) is 4.32. The van der Waals surface area contributed by atoms with Crippen molar-refractivity contribution in [2.45, 2.75) is 12.2 Å². The Bertz CT molecular complexity index is 583. The summed E-state index contributed by atoms with van der Waals surface area (Å²) >= 11 is 1.37. The van der Waals surface area contributed by atoms with Gasteiger partial charge in [-0.05, 0) is 23.8 Å². The fourth-order valence-corrected chi connectivity index (χ4v) is 2.77. The third-order valence-electron chi connectivity index (χ3n) is 2.83. The summed E-state index contributed by atoms with van der Waals surface area (Å²) in [4.78, 5) is 0.781.